The molecule has 2 nitrogen and oxygen atoms in total. The lowest BCUT2D eigenvalue weighted by Crippen LogP contribution is -2.46. The molecule has 1 aromatic carbocycles. The van der Waals surface area contributed by atoms with Crippen LogP contribution in [0.5, 0.6) is 0 Å². The summed E-state index contributed by atoms with van der Waals surface area (Å²) in [6.45, 7) is 9.03. The van der Waals surface area contributed by atoms with E-state index in [4.69, 9.17) is 0 Å². The fraction of sp³-hybridized carbons (Fsp3) is 0.588. The maximum Gasteiger partial charge on any atom is 0.252 e. The maximum absolute atomic E-state index is 13.1. The van der Waals surface area contributed by atoms with Gasteiger partial charge in [-0.1, -0.05) is 27.7 Å². The molecule has 2 rings (SSSR count). The molecule has 1 saturated carbocycles. The Labute approximate surface area is 140 Å². The van der Waals surface area contributed by atoms with Crippen molar-refractivity contribution in [2.45, 2.75) is 53.0 Å². The van der Waals surface area contributed by atoms with Gasteiger partial charge in [0.15, 0.2) is 0 Å². The first-order chi connectivity index (χ1) is 9.58. The standard InChI is InChI=1S/C17H23FINO/c1-16(2)8-12(9-17(3,4)10-16)20-15(21)13-6-5-11(18)7-14(13)19/h5-7,12H,8-10H2,1-4H3,(H,20,21). The highest BCUT2D eigenvalue weighted by molar-refractivity contribution is 14.1. The molecule has 0 aromatic heterocycles. The van der Waals surface area contributed by atoms with Crippen LogP contribution in [0.2, 0.25) is 0 Å². The van der Waals surface area contributed by atoms with Gasteiger partial charge in [-0.3, -0.25) is 4.79 Å². The van der Waals surface area contributed by atoms with Crippen molar-refractivity contribution in [3.05, 3.63) is 33.1 Å². The van der Waals surface area contributed by atoms with Gasteiger partial charge in [0.1, 0.15) is 5.82 Å². The molecule has 0 saturated heterocycles. The molecule has 116 valence electrons. The first kappa shape index (κ1) is 16.7. The average molecular weight is 403 g/mol. The van der Waals surface area contributed by atoms with Crippen LogP contribution in [0.25, 0.3) is 0 Å². The lowest BCUT2D eigenvalue weighted by atomic mass is 9.63. The molecule has 0 aliphatic heterocycles. The van der Waals surface area contributed by atoms with Gasteiger partial charge in [-0.25, -0.2) is 4.39 Å². The SMILES string of the molecule is CC1(C)CC(NC(=O)c2ccc(F)cc2I)CC(C)(C)C1. The number of benzene rings is 1. The van der Waals surface area contributed by atoms with Gasteiger partial charge in [0.05, 0.1) is 5.56 Å². The zero-order chi connectivity index (χ0) is 15.8. The molecule has 0 radical (unpaired) electrons. The summed E-state index contributed by atoms with van der Waals surface area (Å²) in [5.74, 6) is -0.409. The Hall–Kier alpha value is -0.650. The van der Waals surface area contributed by atoms with Crippen molar-refractivity contribution in [1.82, 2.24) is 5.32 Å². The first-order valence-electron chi connectivity index (χ1n) is 7.34. The Balaban J connectivity index is 2.12. The summed E-state index contributed by atoms with van der Waals surface area (Å²) < 4.78 is 13.8. The molecular weight excluding hydrogens is 380 g/mol. The summed E-state index contributed by atoms with van der Waals surface area (Å²) in [6, 6.07) is 4.47. The normalized spacial score (nSPS) is 21.0. The highest BCUT2D eigenvalue weighted by Gasteiger charge is 2.39. The predicted octanol–water partition coefficient (Wildman–Crippen LogP) is 4.77. The molecule has 1 aromatic rings. The maximum atomic E-state index is 13.1. The lowest BCUT2D eigenvalue weighted by Gasteiger charge is -2.45. The van der Waals surface area contributed by atoms with Crippen molar-refractivity contribution < 1.29 is 9.18 Å². The summed E-state index contributed by atoms with van der Waals surface area (Å²) in [4.78, 5) is 12.4. The second kappa shape index (κ2) is 5.86. The van der Waals surface area contributed by atoms with Crippen molar-refractivity contribution >= 4 is 28.5 Å². The molecule has 1 aliphatic rings. The summed E-state index contributed by atoms with van der Waals surface area (Å²) in [6.07, 6.45) is 3.14. The van der Waals surface area contributed by atoms with E-state index < -0.39 is 0 Å². The lowest BCUT2D eigenvalue weighted by molar-refractivity contribution is 0.0713. The first-order valence-corrected chi connectivity index (χ1v) is 8.42. The van der Waals surface area contributed by atoms with Gasteiger partial charge in [0.2, 0.25) is 0 Å². The van der Waals surface area contributed by atoms with E-state index in [1.807, 2.05) is 22.6 Å². The molecule has 21 heavy (non-hydrogen) atoms. The van der Waals surface area contributed by atoms with Crippen molar-refractivity contribution in [3.8, 4) is 0 Å². The zero-order valence-electron chi connectivity index (χ0n) is 13.1. The van der Waals surface area contributed by atoms with E-state index in [0.29, 0.717) is 9.13 Å². The number of hydrogen-bond acceptors (Lipinski definition) is 1. The second-order valence-electron chi connectivity index (χ2n) is 7.71. The molecule has 1 amide bonds. The Morgan fingerprint density at radius 1 is 1.24 bits per heavy atom. The highest BCUT2D eigenvalue weighted by atomic mass is 127. The third-order valence-corrected chi connectivity index (χ3v) is 4.96. The van der Waals surface area contributed by atoms with Crippen LogP contribution in [0.15, 0.2) is 18.2 Å². The second-order valence-corrected chi connectivity index (χ2v) is 8.87. The predicted molar refractivity (Wildman–Crippen MR) is 91.8 cm³/mol. The Bertz CT molecular complexity index is 538. The van der Waals surface area contributed by atoms with Gasteiger partial charge >= 0.3 is 0 Å². The molecule has 0 heterocycles. The largest absolute Gasteiger partial charge is 0.349 e. The van der Waals surface area contributed by atoms with Crippen LogP contribution >= 0.6 is 22.6 Å². The fourth-order valence-corrected chi connectivity index (χ4v) is 4.61. The van der Waals surface area contributed by atoms with Gasteiger partial charge < -0.3 is 5.32 Å². The minimum absolute atomic E-state index is 0.0992. The number of halogens is 2. The molecule has 1 fully saturated rings. The topological polar surface area (TPSA) is 29.1 Å². The number of nitrogens with one attached hydrogen (secondary N) is 1. The summed E-state index contributed by atoms with van der Waals surface area (Å²) in [7, 11) is 0. The molecule has 1 aliphatic carbocycles. The van der Waals surface area contributed by atoms with Crippen LogP contribution in [0.4, 0.5) is 4.39 Å². The van der Waals surface area contributed by atoms with Crippen molar-refractivity contribution in [3.63, 3.8) is 0 Å². The highest BCUT2D eigenvalue weighted by Crippen LogP contribution is 2.45. The molecule has 1 N–H and O–H groups in total. The Kier molecular flexibility index (Phi) is 4.66. The molecule has 4 heteroatoms. The van der Waals surface area contributed by atoms with E-state index in [0.717, 1.165) is 12.8 Å². The number of carbonyl (C=O) groups is 1. The van der Waals surface area contributed by atoms with Crippen molar-refractivity contribution in [2.75, 3.05) is 0 Å². The summed E-state index contributed by atoms with van der Waals surface area (Å²) in [5.41, 5.74) is 1.02. The van der Waals surface area contributed by atoms with Gasteiger partial charge in [-0.15, -0.1) is 0 Å². The summed E-state index contributed by atoms with van der Waals surface area (Å²) >= 11 is 2.01. The monoisotopic (exact) mass is 403 g/mol. The van der Waals surface area contributed by atoms with Gasteiger partial charge in [0, 0.05) is 9.61 Å². The smallest absolute Gasteiger partial charge is 0.252 e. The number of hydrogen-bond donors (Lipinski definition) is 1. The average Bonchev–Trinajstić information content (AvgIpc) is 2.23. The molecule has 0 bridgehead atoms. The van der Waals surface area contributed by atoms with Crippen LogP contribution < -0.4 is 5.32 Å². The van der Waals surface area contributed by atoms with Crippen molar-refractivity contribution in [2.24, 2.45) is 10.8 Å². The van der Waals surface area contributed by atoms with Crippen LogP contribution in [-0.4, -0.2) is 11.9 Å². The molecule has 0 spiro atoms. The van der Waals surface area contributed by atoms with Crippen LogP contribution in [0.1, 0.15) is 57.3 Å². The summed E-state index contributed by atoms with van der Waals surface area (Å²) in [5, 5.41) is 3.14. The minimum atomic E-state index is -0.309. The van der Waals surface area contributed by atoms with Gasteiger partial charge in [-0.2, -0.15) is 0 Å². The van der Waals surface area contributed by atoms with E-state index in [9.17, 15) is 9.18 Å². The van der Waals surface area contributed by atoms with Crippen LogP contribution in [0.3, 0.4) is 0 Å². The van der Waals surface area contributed by atoms with Gasteiger partial charge in [-0.05, 0) is 70.9 Å². The Morgan fingerprint density at radius 2 is 1.81 bits per heavy atom. The minimum Gasteiger partial charge on any atom is -0.349 e. The van der Waals surface area contributed by atoms with Crippen molar-refractivity contribution in [1.29, 1.82) is 0 Å². The van der Waals surface area contributed by atoms with Crippen LogP contribution in [0, 0.1) is 20.2 Å². The molecule has 0 atom stereocenters. The molecular formula is C17H23FINO. The number of rotatable bonds is 2. The van der Waals surface area contributed by atoms with E-state index in [-0.39, 0.29) is 28.6 Å². The van der Waals surface area contributed by atoms with E-state index in [2.05, 4.69) is 33.0 Å². The molecule has 0 unspecified atom stereocenters. The van der Waals surface area contributed by atoms with Gasteiger partial charge in [0.25, 0.3) is 5.91 Å². The quantitative estimate of drug-likeness (QED) is 0.709. The number of carbonyl (C=O) groups excluding carboxylic acids is 1. The fourth-order valence-electron chi connectivity index (χ4n) is 3.88. The van der Waals surface area contributed by atoms with E-state index in [1.165, 1.54) is 18.6 Å². The third-order valence-electron chi connectivity index (χ3n) is 4.07. The van der Waals surface area contributed by atoms with E-state index in [1.54, 1.807) is 6.07 Å². The van der Waals surface area contributed by atoms with Crippen LogP contribution in [-0.2, 0) is 0 Å². The zero-order valence-corrected chi connectivity index (χ0v) is 15.3. The van der Waals surface area contributed by atoms with E-state index >= 15 is 0 Å². The Morgan fingerprint density at radius 3 is 2.33 bits per heavy atom. The third kappa shape index (κ3) is 4.41. The number of amides is 1.